The van der Waals surface area contributed by atoms with Gasteiger partial charge >= 0.3 is 6.18 Å². The molecule has 0 aliphatic carbocycles. The number of pyridine rings is 1. The maximum absolute atomic E-state index is 13.2. The minimum absolute atomic E-state index is 0.0295. The normalized spacial score (nSPS) is 12.6. The molecule has 29 heavy (non-hydrogen) atoms. The van der Waals surface area contributed by atoms with Crippen molar-refractivity contribution in [1.29, 1.82) is 0 Å². The Hall–Kier alpha value is -3.30. The van der Waals surface area contributed by atoms with Crippen molar-refractivity contribution in [2.45, 2.75) is 33.5 Å². The topological polar surface area (TPSA) is 82.5 Å². The molecule has 0 aliphatic heterocycles. The summed E-state index contributed by atoms with van der Waals surface area (Å²) >= 11 is 0. The van der Waals surface area contributed by atoms with Crippen LogP contribution in [0.5, 0.6) is 0 Å². The lowest BCUT2D eigenvalue weighted by Gasteiger charge is -2.17. The maximum atomic E-state index is 13.2. The molecule has 150 valence electrons. The van der Waals surface area contributed by atoms with E-state index < -0.39 is 11.7 Å². The lowest BCUT2D eigenvalue weighted by atomic mass is 9.97. The third-order valence-corrected chi connectivity index (χ3v) is 4.18. The van der Waals surface area contributed by atoms with Gasteiger partial charge in [0.05, 0.1) is 16.6 Å². The van der Waals surface area contributed by atoms with Gasteiger partial charge in [0, 0.05) is 24.5 Å². The number of benzene rings is 1. The van der Waals surface area contributed by atoms with Crippen molar-refractivity contribution >= 4 is 11.0 Å². The van der Waals surface area contributed by atoms with Crippen LogP contribution in [0.2, 0.25) is 0 Å². The van der Waals surface area contributed by atoms with Gasteiger partial charge in [-0.05, 0) is 29.7 Å². The smallest absolute Gasteiger partial charge is 0.334 e. The molecular formula is C19H17F3N6O. The number of nitrogens with zero attached hydrogens (tertiary/aromatic N) is 6. The van der Waals surface area contributed by atoms with E-state index in [9.17, 15) is 13.2 Å². The summed E-state index contributed by atoms with van der Waals surface area (Å²) in [6, 6.07) is 6.19. The molecule has 10 heteroatoms. The number of alkyl halides is 3. The van der Waals surface area contributed by atoms with E-state index in [1.54, 1.807) is 12.1 Å². The Bertz CT molecular complexity index is 1170. The zero-order valence-corrected chi connectivity index (χ0v) is 15.9. The Kier molecular flexibility index (Phi) is 4.36. The van der Waals surface area contributed by atoms with Crippen molar-refractivity contribution in [3.63, 3.8) is 0 Å². The number of hydrogen-bond donors (Lipinski definition) is 0. The fraction of sp³-hybridized carbons (Fsp3) is 0.316. The maximum Gasteiger partial charge on any atom is 0.417 e. The van der Waals surface area contributed by atoms with E-state index in [0.717, 1.165) is 24.0 Å². The molecule has 0 N–H and O–H groups in total. The molecule has 0 amide bonds. The lowest BCUT2D eigenvalue weighted by molar-refractivity contribution is -0.137. The summed E-state index contributed by atoms with van der Waals surface area (Å²) in [5.41, 5.74) is 0.920. The van der Waals surface area contributed by atoms with Gasteiger partial charge in [0.25, 0.3) is 5.89 Å². The van der Waals surface area contributed by atoms with Crippen molar-refractivity contribution in [2.24, 2.45) is 5.41 Å². The molecule has 4 aromatic rings. The Morgan fingerprint density at radius 2 is 1.90 bits per heavy atom. The van der Waals surface area contributed by atoms with E-state index in [1.165, 1.54) is 0 Å². The van der Waals surface area contributed by atoms with E-state index in [2.05, 4.69) is 46.2 Å². The van der Waals surface area contributed by atoms with Gasteiger partial charge in [0.15, 0.2) is 0 Å². The molecular weight excluding hydrogens is 385 g/mol. The van der Waals surface area contributed by atoms with E-state index >= 15 is 0 Å². The van der Waals surface area contributed by atoms with Crippen LogP contribution in [-0.4, -0.2) is 30.1 Å². The average Bonchev–Trinajstić information content (AvgIpc) is 3.27. The first-order chi connectivity index (χ1) is 13.6. The van der Waals surface area contributed by atoms with Gasteiger partial charge in [0.2, 0.25) is 5.82 Å². The van der Waals surface area contributed by atoms with Crippen LogP contribution in [0.15, 0.2) is 41.2 Å². The van der Waals surface area contributed by atoms with Gasteiger partial charge in [-0.25, -0.2) is 4.68 Å². The highest BCUT2D eigenvalue weighted by Gasteiger charge is 2.35. The molecule has 0 radical (unpaired) electrons. The summed E-state index contributed by atoms with van der Waals surface area (Å²) in [4.78, 5) is 7.87. The highest BCUT2D eigenvalue weighted by Crippen LogP contribution is 2.36. The summed E-state index contributed by atoms with van der Waals surface area (Å²) in [7, 11) is 0. The second kappa shape index (κ2) is 6.64. The highest BCUT2D eigenvalue weighted by molar-refractivity contribution is 5.80. The van der Waals surface area contributed by atoms with E-state index in [4.69, 9.17) is 4.52 Å². The number of aromatic nitrogens is 6. The number of halogens is 3. The van der Waals surface area contributed by atoms with Crippen molar-refractivity contribution in [3.8, 4) is 22.8 Å². The SMILES string of the molecule is CC(C)(C)Cn1nnc2cc(-c3noc(-c4cnccc4C(F)(F)F)n3)ccc21. The largest absolute Gasteiger partial charge is 0.417 e. The molecule has 1 aromatic carbocycles. The molecule has 0 spiro atoms. The molecule has 3 heterocycles. The molecule has 0 atom stereocenters. The molecule has 0 bridgehead atoms. The Morgan fingerprint density at radius 3 is 2.62 bits per heavy atom. The average molecular weight is 402 g/mol. The van der Waals surface area contributed by atoms with E-state index in [1.807, 2.05) is 10.7 Å². The van der Waals surface area contributed by atoms with Gasteiger partial charge in [-0.3, -0.25) is 4.98 Å². The van der Waals surface area contributed by atoms with Gasteiger partial charge in [0.1, 0.15) is 5.52 Å². The quantitative estimate of drug-likeness (QED) is 0.498. The fourth-order valence-corrected chi connectivity index (χ4v) is 2.94. The van der Waals surface area contributed by atoms with Crippen molar-refractivity contribution in [2.75, 3.05) is 0 Å². The van der Waals surface area contributed by atoms with Crippen LogP contribution in [0.1, 0.15) is 26.3 Å². The van der Waals surface area contributed by atoms with Gasteiger partial charge in [-0.15, -0.1) is 5.10 Å². The highest BCUT2D eigenvalue weighted by atomic mass is 19.4. The molecule has 4 rings (SSSR count). The summed E-state index contributed by atoms with van der Waals surface area (Å²) in [6.45, 7) is 6.99. The zero-order chi connectivity index (χ0) is 20.8. The van der Waals surface area contributed by atoms with Crippen LogP contribution in [0.25, 0.3) is 33.9 Å². The summed E-state index contributed by atoms with van der Waals surface area (Å²) in [5.74, 6) is -0.0962. The second-order valence-corrected chi connectivity index (χ2v) is 7.85. The van der Waals surface area contributed by atoms with Crippen LogP contribution in [0, 0.1) is 5.41 Å². The van der Waals surface area contributed by atoms with Gasteiger partial charge in [-0.1, -0.05) is 31.1 Å². The monoisotopic (exact) mass is 402 g/mol. The van der Waals surface area contributed by atoms with Crippen molar-refractivity contribution in [1.82, 2.24) is 30.1 Å². The summed E-state index contributed by atoms with van der Waals surface area (Å²) < 4.78 is 46.6. The minimum Gasteiger partial charge on any atom is -0.334 e. The van der Waals surface area contributed by atoms with Crippen LogP contribution < -0.4 is 0 Å². The van der Waals surface area contributed by atoms with E-state index in [-0.39, 0.29) is 22.7 Å². The second-order valence-electron chi connectivity index (χ2n) is 7.85. The van der Waals surface area contributed by atoms with Crippen LogP contribution in [-0.2, 0) is 12.7 Å². The third-order valence-electron chi connectivity index (χ3n) is 4.18. The molecule has 7 nitrogen and oxygen atoms in total. The Labute approximate surface area is 163 Å². The summed E-state index contributed by atoms with van der Waals surface area (Å²) in [6.07, 6.45) is -2.43. The minimum atomic E-state index is -4.56. The van der Waals surface area contributed by atoms with Gasteiger partial charge < -0.3 is 4.52 Å². The predicted octanol–water partition coefficient (Wildman–Crippen LogP) is 4.61. The molecule has 0 fully saturated rings. The zero-order valence-electron chi connectivity index (χ0n) is 15.9. The fourth-order valence-electron chi connectivity index (χ4n) is 2.94. The first-order valence-electron chi connectivity index (χ1n) is 8.81. The number of fused-ring (bicyclic) bond motifs is 1. The van der Waals surface area contributed by atoms with Crippen LogP contribution in [0.3, 0.4) is 0 Å². The van der Waals surface area contributed by atoms with Crippen molar-refractivity contribution < 1.29 is 17.7 Å². The third kappa shape index (κ3) is 3.82. The molecule has 0 saturated carbocycles. The predicted molar refractivity (Wildman–Crippen MR) is 98.5 cm³/mol. The molecule has 0 aliphatic rings. The standard InChI is InChI=1S/C19H17F3N6O/c1-18(2,3)10-28-15-5-4-11(8-14(15)25-27-28)16-24-17(29-26-16)12-9-23-7-6-13(12)19(20,21)22/h4-9H,10H2,1-3H3. The number of rotatable bonds is 3. The Morgan fingerprint density at radius 1 is 1.10 bits per heavy atom. The van der Waals surface area contributed by atoms with Crippen molar-refractivity contribution in [3.05, 3.63) is 42.2 Å². The van der Waals surface area contributed by atoms with E-state index in [0.29, 0.717) is 17.6 Å². The van der Waals surface area contributed by atoms with Crippen LogP contribution >= 0.6 is 0 Å². The Balaban J connectivity index is 1.70. The van der Waals surface area contributed by atoms with Crippen LogP contribution in [0.4, 0.5) is 13.2 Å². The lowest BCUT2D eigenvalue weighted by Crippen LogP contribution is -2.16. The van der Waals surface area contributed by atoms with Gasteiger partial charge in [-0.2, -0.15) is 18.2 Å². The number of hydrogen-bond acceptors (Lipinski definition) is 6. The molecule has 0 saturated heterocycles. The summed E-state index contributed by atoms with van der Waals surface area (Å²) in [5, 5.41) is 12.2. The molecule has 0 unspecified atom stereocenters. The molecule has 3 aromatic heterocycles. The first-order valence-corrected chi connectivity index (χ1v) is 8.81. The first kappa shape index (κ1) is 19.0.